The molecule has 1 aromatic rings. The van der Waals surface area contributed by atoms with Crippen LogP contribution >= 0.6 is 0 Å². The number of sulfonamides is 1. The minimum absolute atomic E-state index is 0.0264. The van der Waals surface area contributed by atoms with Crippen LogP contribution in [-0.2, 0) is 21.0 Å². The summed E-state index contributed by atoms with van der Waals surface area (Å²) in [6.07, 6.45) is -4.52. The molecule has 0 aromatic heterocycles. The summed E-state index contributed by atoms with van der Waals surface area (Å²) in [4.78, 5) is 23.3. The number of nitrogens with zero attached hydrogens (tertiary/aromatic N) is 2. The first-order valence-electron chi connectivity index (χ1n) is 7.65. The summed E-state index contributed by atoms with van der Waals surface area (Å²) in [6.45, 7) is 1.57. The fraction of sp³-hybridized carbons (Fsp3) is 0.467. The van der Waals surface area contributed by atoms with Gasteiger partial charge in [0.1, 0.15) is 0 Å². The van der Waals surface area contributed by atoms with Crippen molar-refractivity contribution in [2.24, 2.45) is 0 Å². The smallest absolute Gasteiger partial charge is 0.416 e. The van der Waals surface area contributed by atoms with Crippen LogP contribution in [0.15, 0.2) is 23.1 Å². The third-order valence-electron chi connectivity index (χ3n) is 4.06. The van der Waals surface area contributed by atoms with Gasteiger partial charge in [0.15, 0.2) is 0 Å². The van der Waals surface area contributed by atoms with Gasteiger partial charge in [0.2, 0.25) is 15.9 Å². The lowest BCUT2D eigenvalue weighted by Gasteiger charge is -2.22. The predicted molar refractivity (Wildman–Crippen MR) is 84.0 cm³/mol. The second-order valence-electron chi connectivity index (χ2n) is 5.78. The van der Waals surface area contributed by atoms with Crippen LogP contribution in [0.2, 0.25) is 0 Å². The molecule has 1 N–H and O–H groups in total. The number of carbonyl (C=O) groups excluding carboxylic acids is 1. The van der Waals surface area contributed by atoms with Crippen molar-refractivity contribution >= 4 is 21.9 Å². The molecule has 0 radical (unpaired) electrons. The van der Waals surface area contributed by atoms with E-state index in [1.165, 1.54) is 11.8 Å². The highest BCUT2D eigenvalue weighted by molar-refractivity contribution is 7.89. The van der Waals surface area contributed by atoms with Crippen molar-refractivity contribution in [2.75, 3.05) is 26.2 Å². The van der Waals surface area contributed by atoms with Crippen molar-refractivity contribution in [1.82, 2.24) is 9.21 Å². The number of hydrogen-bond acceptors (Lipinski definition) is 4. The van der Waals surface area contributed by atoms with Gasteiger partial charge in [0.05, 0.1) is 16.0 Å². The standard InChI is InChI=1S/C15H17F3N2O5S/c1-10(21)19-5-2-6-20(8-7-19)26(24,25)13-9-11(15(16,17)18)3-4-12(13)14(22)23/h3-4,9H,2,5-8H2,1H3,(H,22,23). The zero-order chi connectivity index (χ0) is 19.7. The van der Waals surface area contributed by atoms with Gasteiger partial charge in [-0.1, -0.05) is 0 Å². The molecule has 0 atom stereocenters. The third kappa shape index (κ3) is 4.15. The van der Waals surface area contributed by atoms with Gasteiger partial charge in [0, 0.05) is 33.1 Å². The lowest BCUT2D eigenvalue weighted by molar-refractivity contribution is -0.137. The Bertz CT molecular complexity index is 823. The molecule has 1 amide bonds. The average molecular weight is 394 g/mol. The average Bonchev–Trinajstić information content (AvgIpc) is 2.80. The van der Waals surface area contributed by atoms with Crippen molar-refractivity contribution in [2.45, 2.75) is 24.4 Å². The van der Waals surface area contributed by atoms with Crippen LogP contribution in [0, 0.1) is 0 Å². The zero-order valence-electron chi connectivity index (χ0n) is 13.8. The maximum Gasteiger partial charge on any atom is 0.416 e. The second kappa shape index (κ2) is 7.23. The molecule has 1 aliphatic heterocycles. The number of carbonyl (C=O) groups is 2. The molecule has 0 saturated carbocycles. The van der Waals surface area contributed by atoms with Gasteiger partial charge >= 0.3 is 12.1 Å². The van der Waals surface area contributed by atoms with Gasteiger partial charge in [-0.25, -0.2) is 13.2 Å². The van der Waals surface area contributed by atoms with Crippen LogP contribution < -0.4 is 0 Å². The Morgan fingerprint density at radius 1 is 1.12 bits per heavy atom. The molecule has 1 fully saturated rings. The van der Waals surface area contributed by atoms with E-state index >= 15 is 0 Å². The Kier molecular flexibility index (Phi) is 5.61. The van der Waals surface area contributed by atoms with Crippen molar-refractivity contribution in [3.8, 4) is 0 Å². The molecule has 1 aliphatic rings. The number of aromatic carboxylic acids is 1. The van der Waals surface area contributed by atoms with E-state index in [0.717, 1.165) is 4.31 Å². The zero-order valence-corrected chi connectivity index (χ0v) is 14.6. The van der Waals surface area contributed by atoms with Crippen molar-refractivity contribution in [3.63, 3.8) is 0 Å². The Hall–Kier alpha value is -2.14. The van der Waals surface area contributed by atoms with Crippen LogP contribution in [-0.4, -0.2) is 60.8 Å². The molecule has 0 spiro atoms. The molecule has 0 unspecified atom stereocenters. The van der Waals surface area contributed by atoms with Crippen LogP contribution in [0.3, 0.4) is 0 Å². The minimum atomic E-state index is -4.81. The second-order valence-corrected chi connectivity index (χ2v) is 7.68. The van der Waals surface area contributed by atoms with Crippen molar-refractivity contribution in [3.05, 3.63) is 29.3 Å². The first kappa shape index (κ1) is 20.2. The maximum atomic E-state index is 12.9. The summed E-state index contributed by atoms with van der Waals surface area (Å²) in [5.74, 6) is -1.88. The molecule has 7 nitrogen and oxygen atoms in total. The number of carboxylic acids is 1. The number of rotatable bonds is 3. The fourth-order valence-corrected chi connectivity index (χ4v) is 4.36. The highest BCUT2D eigenvalue weighted by Crippen LogP contribution is 2.33. The number of carboxylic acid groups (broad SMARTS) is 1. The lowest BCUT2D eigenvalue weighted by Crippen LogP contribution is -2.37. The Labute approximate surface area is 148 Å². The number of alkyl halides is 3. The van der Waals surface area contributed by atoms with E-state index in [1.54, 1.807) is 0 Å². The number of amides is 1. The van der Waals surface area contributed by atoms with E-state index in [-0.39, 0.29) is 25.5 Å². The maximum absolute atomic E-state index is 12.9. The quantitative estimate of drug-likeness (QED) is 0.841. The predicted octanol–water partition coefficient (Wildman–Crippen LogP) is 1.65. The van der Waals surface area contributed by atoms with E-state index in [2.05, 4.69) is 0 Å². The van der Waals surface area contributed by atoms with Gasteiger partial charge in [-0.3, -0.25) is 4.79 Å². The first-order chi connectivity index (χ1) is 11.9. The highest BCUT2D eigenvalue weighted by atomic mass is 32.2. The third-order valence-corrected chi connectivity index (χ3v) is 6.00. The van der Waals surface area contributed by atoms with Crippen LogP contribution in [0.1, 0.15) is 29.3 Å². The summed E-state index contributed by atoms with van der Waals surface area (Å²) < 4.78 is 65.3. The van der Waals surface area contributed by atoms with Gasteiger partial charge in [-0.05, 0) is 24.6 Å². The molecule has 0 aliphatic carbocycles. The number of benzene rings is 1. The van der Waals surface area contributed by atoms with Gasteiger partial charge in [0.25, 0.3) is 0 Å². The topological polar surface area (TPSA) is 95.0 Å². The van der Waals surface area contributed by atoms with Gasteiger partial charge < -0.3 is 10.0 Å². The van der Waals surface area contributed by atoms with Crippen LogP contribution in [0.5, 0.6) is 0 Å². The summed E-state index contributed by atoms with van der Waals surface area (Å²) >= 11 is 0. The van der Waals surface area contributed by atoms with E-state index in [4.69, 9.17) is 0 Å². The Morgan fingerprint density at radius 2 is 1.77 bits per heavy atom. The minimum Gasteiger partial charge on any atom is -0.478 e. The number of halogens is 3. The molecule has 144 valence electrons. The molecule has 1 aromatic carbocycles. The van der Waals surface area contributed by atoms with Crippen molar-refractivity contribution < 1.29 is 36.3 Å². The van der Waals surface area contributed by atoms with E-state index < -0.39 is 38.2 Å². The summed E-state index contributed by atoms with van der Waals surface area (Å²) in [7, 11) is -4.48. The highest BCUT2D eigenvalue weighted by Gasteiger charge is 2.36. The largest absolute Gasteiger partial charge is 0.478 e. The molecule has 11 heteroatoms. The molecule has 2 rings (SSSR count). The summed E-state index contributed by atoms with van der Waals surface area (Å²) in [6, 6.07) is 1.51. The first-order valence-corrected chi connectivity index (χ1v) is 9.09. The fourth-order valence-electron chi connectivity index (χ4n) is 2.68. The molecule has 1 heterocycles. The number of hydrogen-bond donors (Lipinski definition) is 1. The summed E-state index contributed by atoms with van der Waals surface area (Å²) in [5.41, 5.74) is -1.98. The normalized spacial score (nSPS) is 17.0. The Morgan fingerprint density at radius 3 is 2.31 bits per heavy atom. The molecular weight excluding hydrogens is 377 g/mol. The summed E-state index contributed by atoms with van der Waals surface area (Å²) in [5, 5.41) is 9.17. The van der Waals surface area contributed by atoms with Crippen LogP contribution in [0.4, 0.5) is 13.2 Å². The molecular formula is C15H17F3N2O5S. The Balaban J connectivity index is 2.47. The molecule has 26 heavy (non-hydrogen) atoms. The monoisotopic (exact) mass is 394 g/mol. The van der Waals surface area contributed by atoms with Crippen LogP contribution in [0.25, 0.3) is 0 Å². The van der Waals surface area contributed by atoms with Crippen molar-refractivity contribution in [1.29, 1.82) is 0 Å². The van der Waals surface area contributed by atoms with E-state index in [0.29, 0.717) is 31.2 Å². The van der Waals surface area contributed by atoms with E-state index in [9.17, 15) is 36.3 Å². The SMILES string of the molecule is CC(=O)N1CCCN(S(=O)(=O)c2cc(C(F)(F)F)ccc2C(=O)O)CC1. The van der Waals surface area contributed by atoms with E-state index in [1.807, 2.05) is 0 Å². The lowest BCUT2D eigenvalue weighted by atomic mass is 10.1. The van der Waals surface area contributed by atoms with Gasteiger partial charge in [-0.2, -0.15) is 17.5 Å². The molecule has 0 bridgehead atoms. The van der Waals surface area contributed by atoms with Gasteiger partial charge in [-0.15, -0.1) is 0 Å². The molecule has 1 saturated heterocycles.